The van der Waals surface area contributed by atoms with Gasteiger partial charge in [0.15, 0.2) is 9.84 Å². The summed E-state index contributed by atoms with van der Waals surface area (Å²) in [5.41, 5.74) is 5.64. The summed E-state index contributed by atoms with van der Waals surface area (Å²) in [4.78, 5) is 15.3. The summed E-state index contributed by atoms with van der Waals surface area (Å²) in [5.74, 6) is -0.0962. The summed E-state index contributed by atoms with van der Waals surface area (Å²) in [6.45, 7) is 2.46. The first-order chi connectivity index (χ1) is 18.4. The largest absolute Gasteiger partial charge is 0.331 e. The zero-order chi connectivity index (χ0) is 26.5. The second-order valence-corrected chi connectivity index (χ2v) is 11.8. The fraction of sp³-hybridized carbons (Fsp3) is 0.226. The SMILES string of the molecule is CCc1ccc(CN(C(=O)C=Cc2cn(-c3ccccc3)nc2-c2ccccc2)C2CCS(=O)(=O)C2)cc1. The van der Waals surface area contributed by atoms with E-state index in [0.29, 0.717) is 13.0 Å². The summed E-state index contributed by atoms with van der Waals surface area (Å²) >= 11 is 0. The maximum Gasteiger partial charge on any atom is 0.247 e. The number of aryl methyl sites for hydroxylation is 1. The molecule has 1 aromatic heterocycles. The van der Waals surface area contributed by atoms with Crippen LogP contribution in [0.25, 0.3) is 23.0 Å². The molecule has 4 aromatic rings. The minimum absolute atomic E-state index is 0.000822. The summed E-state index contributed by atoms with van der Waals surface area (Å²) in [5, 5.41) is 4.82. The third-order valence-corrected chi connectivity index (χ3v) is 8.68. The van der Waals surface area contributed by atoms with Crippen molar-refractivity contribution in [2.75, 3.05) is 11.5 Å². The van der Waals surface area contributed by atoms with E-state index in [0.717, 1.165) is 34.5 Å². The molecule has 2 heterocycles. The Bertz CT molecular complexity index is 1530. The van der Waals surface area contributed by atoms with Crippen molar-refractivity contribution in [2.45, 2.75) is 32.4 Å². The molecule has 0 spiro atoms. The summed E-state index contributed by atoms with van der Waals surface area (Å²) in [6, 6.07) is 27.5. The van der Waals surface area contributed by atoms with Gasteiger partial charge < -0.3 is 4.90 Å². The first kappa shape index (κ1) is 25.7. The van der Waals surface area contributed by atoms with Crippen LogP contribution in [0.4, 0.5) is 0 Å². The van der Waals surface area contributed by atoms with Crippen molar-refractivity contribution >= 4 is 21.8 Å². The molecule has 194 valence electrons. The predicted molar refractivity (Wildman–Crippen MR) is 151 cm³/mol. The third-order valence-electron chi connectivity index (χ3n) is 6.93. The van der Waals surface area contributed by atoms with Crippen LogP contribution in [0, 0.1) is 0 Å². The van der Waals surface area contributed by atoms with Crippen molar-refractivity contribution in [2.24, 2.45) is 0 Å². The van der Waals surface area contributed by atoms with Gasteiger partial charge in [-0.15, -0.1) is 0 Å². The zero-order valence-electron chi connectivity index (χ0n) is 21.4. The Kier molecular flexibility index (Phi) is 7.56. The standard InChI is InChI=1S/C31H31N3O3S/c1-2-24-13-15-25(16-14-24)21-33(29-19-20-38(36,37)23-29)30(35)18-17-27-22-34(28-11-7-4-8-12-28)32-31(27)26-9-5-3-6-10-26/h3-18,22,29H,2,19-21,23H2,1H3. The maximum absolute atomic E-state index is 13.6. The van der Waals surface area contributed by atoms with E-state index in [1.165, 1.54) is 5.56 Å². The van der Waals surface area contributed by atoms with E-state index in [9.17, 15) is 13.2 Å². The number of para-hydroxylation sites is 1. The third kappa shape index (κ3) is 5.94. The van der Waals surface area contributed by atoms with Crippen molar-refractivity contribution in [1.29, 1.82) is 0 Å². The molecule has 1 unspecified atom stereocenters. The number of aromatic nitrogens is 2. The summed E-state index contributed by atoms with van der Waals surface area (Å²) in [6.07, 6.45) is 6.64. The predicted octanol–water partition coefficient (Wildman–Crippen LogP) is 5.33. The Morgan fingerprint density at radius 3 is 2.26 bits per heavy atom. The van der Waals surface area contributed by atoms with Crippen LogP contribution in [0.5, 0.6) is 0 Å². The Balaban J connectivity index is 1.46. The first-order valence-corrected chi connectivity index (χ1v) is 14.7. The van der Waals surface area contributed by atoms with Gasteiger partial charge in [-0.05, 0) is 42.2 Å². The number of hydrogen-bond acceptors (Lipinski definition) is 4. The van der Waals surface area contributed by atoms with E-state index < -0.39 is 9.84 Å². The minimum atomic E-state index is -3.15. The van der Waals surface area contributed by atoms with Gasteiger partial charge >= 0.3 is 0 Å². The molecule has 1 fully saturated rings. The average molecular weight is 526 g/mol. The van der Waals surface area contributed by atoms with Gasteiger partial charge in [0.2, 0.25) is 5.91 Å². The van der Waals surface area contributed by atoms with E-state index in [4.69, 9.17) is 5.10 Å². The number of hydrogen-bond donors (Lipinski definition) is 0. The van der Waals surface area contributed by atoms with Crippen molar-refractivity contribution in [1.82, 2.24) is 14.7 Å². The van der Waals surface area contributed by atoms with Gasteiger partial charge in [0.25, 0.3) is 0 Å². The number of nitrogens with zero attached hydrogens (tertiary/aromatic N) is 3. The van der Waals surface area contributed by atoms with Crippen molar-refractivity contribution in [3.05, 3.63) is 114 Å². The molecule has 7 heteroatoms. The highest BCUT2D eigenvalue weighted by molar-refractivity contribution is 7.91. The molecule has 5 rings (SSSR count). The lowest BCUT2D eigenvalue weighted by molar-refractivity contribution is -0.128. The quantitative estimate of drug-likeness (QED) is 0.292. The maximum atomic E-state index is 13.6. The van der Waals surface area contributed by atoms with Gasteiger partial charge in [-0.2, -0.15) is 5.10 Å². The lowest BCUT2D eigenvalue weighted by atomic mass is 10.1. The van der Waals surface area contributed by atoms with Gasteiger partial charge in [-0.25, -0.2) is 13.1 Å². The van der Waals surface area contributed by atoms with E-state index in [-0.39, 0.29) is 23.5 Å². The van der Waals surface area contributed by atoms with Gasteiger partial charge in [0, 0.05) is 36.0 Å². The normalized spacial score (nSPS) is 16.6. The molecule has 0 aliphatic carbocycles. The van der Waals surface area contributed by atoms with E-state index in [1.54, 1.807) is 17.1 Å². The molecule has 1 aliphatic rings. The van der Waals surface area contributed by atoms with Gasteiger partial charge in [0.05, 0.1) is 22.9 Å². The van der Waals surface area contributed by atoms with Crippen LogP contribution in [0.1, 0.15) is 30.0 Å². The molecule has 1 aliphatic heterocycles. The van der Waals surface area contributed by atoms with Crippen LogP contribution in [0.15, 0.2) is 97.2 Å². The Morgan fingerprint density at radius 1 is 0.974 bits per heavy atom. The molecule has 1 saturated heterocycles. The number of carbonyl (C=O) groups excluding carboxylic acids is 1. The topological polar surface area (TPSA) is 72.3 Å². The van der Waals surface area contributed by atoms with Crippen molar-refractivity contribution in [3.8, 4) is 16.9 Å². The van der Waals surface area contributed by atoms with Crippen LogP contribution < -0.4 is 0 Å². The summed E-state index contributed by atoms with van der Waals surface area (Å²) < 4.78 is 26.3. The Labute approximate surface area is 224 Å². The van der Waals surface area contributed by atoms with Gasteiger partial charge in [-0.1, -0.05) is 79.7 Å². The van der Waals surface area contributed by atoms with E-state index >= 15 is 0 Å². The second-order valence-electron chi connectivity index (χ2n) is 9.61. The number of rotatable bonds is 8. The molecule has 6 nitrogen and oxygen atoms in total. The van der Waals surface area contributed by atoms with Crippen LogP contribution in [0.3, 0.4) is 0 Å². The zero-order valence-corrected chi connectivity index (χ0v) is 22.2. The van der Waals surface area contributed by atoms with Crippen LogP contribution in [-0.4, -0.2) is 46.6 Å². The minimum Gasteiger partial charge on any atom is -0.331 e. The molecule has 38 heavy (non-hydrogen) atoms. The number of carbonyl (C=O) groups is 1. The monoisotopic (exact) mass is 525 g/mol. The lowest BCUT2D eigenvalue weighted by Crippen LogP contribution is -2.39. The highest BCUT2D eigenvalue weighted by Crippen LogP contribution is 2.26. The van der Waals surface area contributed by atoms with Crippen LogP contribution >= 0.6 is 0 Å². The molecule has 0 saturated carbocycles. The lowest BCUT2D eigenvalue weighted by Gasteiger charge is -2.27. The number of amides is 1. The molecular weight excluding hydrogens is 494 g/mol. The highest BCUT2D eigenvalue weighted by atomic mass is 32.2. The number of benzene rings is 3. The molecule has 0 radical (unpaired) electrons. The fourth-order valence-electron chi connectivity index (χ4n) is 4.78. The molecule has 1 amide bonds. The van der Waals surface area contributed by atoms with Crippen molar-refractivity contribution in [3.63, 3.8) is 0 Å². The van der Waals surface area contributed by atoms with E-state index in [1.807, 2.05) is 83.7 Å². The smallest absolute Gasteiger partial charge is 0.247 e. The van der Waals surface area contributed by atoms with Gasteiger partial charge in [0.1, 0.15) is 0 Å². The molecule has 0 N–H and O–H groups in total. The van der Waals surface area contributed by atoms with Crippen molar-refractivity contribution < 1.29 is 13.2 Å². The van der Waals surface area contributed by atoms with Crippen LogP contribution in [-0.2, 0) is 27.6 Å². The fourth-order valence-corrected chi connectivity index (χ4v) is 6.52. The average Bonchev–Trinajstić information content (AvgIpc) is 3.54. The Morgan fingerprint density at radius 2 is 1.63 bits per heavy atom. The Hall–Kier alpha value is -3.97. The second kappa shape index (κ2) is 11.2. The molecule has 1 atom stereocenters. The van der Waals surface area contributed by atoms with Crippen LogP contribution in [0.2, 0.25) is 0 Å². The molecule has 3 aromatic carbocycles. The van der Waals surface area contributed by atoms with Gasteiger partial charge in [-0.3, -0.25) is 4.79 Å². The first-order valence-electron chi connectivity index (χ1n) is 12.9. The highest BCUT2D eigenvalue weighted by Gasteiger charge is 2.34. The van der Waals surface area contributed by atoms with E-state index in [2.05, 4.69) is 19.1 Å². The molecule has 0 bridgehead atoms. The number of sulfone groups is 1. The summed E-state index contributed by atoms with van der Waals surface area (Å²) in [7, 11) is -3.15. The molecular formula is C31H31N3O3S.